The zero-order valence-corrected chi connectivity index (χ0v) is 11.8. The van der Waals surface area contributed by atoms with Crippen LogP contribution in [0.1, 0.15) is 30.3 Å². The van der Waals surface area contributed by atoms with Crippen molar-refractivity contribution in [2.45, 2.75) is 19.8 Å². The topological polar surface area (TPSA) is 88.0 Å². The normalized spacial score (nSPS) is 10.3. The van der Waals surface area contributed by atoms with Gasteiger partial charge in [0.25, 0.3) is 11.6 Å². The molecule has 0 aliphatic rings. The van der Waals surface area contributed by atoms with Crippen LogP contribution in [0.2, 0.25) is 0 Å². The second-order valence-corrected chi connectivity index (χ2v) is 4.67. The Morgan fingerprint density at radius 2 is 2.05 bits per heavy atom. The van der Waals surface area contributed by atoms with Gasteiger partial charge < -0.3 is 10.3 Å². The van der Waals surface area contributed by atoms with Gasteiger partial charge in [-0.05, 0) is 24.6 Å². The van der Waals surface area contributed by atoms with Crippen molar-refractivity contribution in [3.63, 3.8) is 0 Å². The molecular formula is C15H17N3O3. The van der Waals surface area contributed by atoms with Crippen LogP contribution < -0.4 is 5.32 Å². The molecular weight excluding hydrogens is 270 g/mol. The van der Waals surface area contributed by atoms with Gasteiger partial charge in [-0.3, -0.25) is 14.9 Å². The summed E-state index contributed by atoms with van der Waals surface area (Å²) in [5.41, 5.74) is 1.44. The number of nitrogens with one attached hydrogen (secondary N) is 2. The van der Waals surface area contributed by atoms with Crippen molar-refractivity contribution in [3.8, 4) is 11.3 Å². The molecule has 1 heterocycles. The molecule has 1 aromatic carbocycles. The van der Waals surface area contributed by atoms with E-state index in [2.05, 4.69) is 10.3 Å². The summed E-state index contributed by atoms with van der Waals surface area (Å²) in [6.07, 6.45) is 1.93. The van der Waals surface area contributed by atoms with Crippen molar-refractivity contribution in [2.75, 3.05) is 6.54 Å². The molecule has 0 atom stereocenters. The number of hydrogen-bond donors (Lipinski definition) is 2. The average Bonchev–Trinajstić information content (AvgIpc) is 2.97. The Labute approximate surface area is 122 Å². The first-order valence-electron chi connectivity index (χ1n) is 6.84. The second kappa shape index (κ2) is 6.69. The first-order valence-corrected chi connectivity index (χ1v) is 6.84. The Morgan fingerprint density at radius 1 is 1.29 bits per heavy atom. The van der Waals surface area contributed by atoms with Crippen LogP contribution in [0.3, 0.4) is 0 Å². The number of aromatic amines is 1. The third kappa shape index (κ3) is 3.47. The molecule has 1 amide bonds. The number of carbonyl (C=O) groups is 1. The summed E-state index contributed by atoms with van der Waals surface area (Å²) in [5.74, 6) is -0.201. The van der Waals surface area contributed by atoms with Gasteiger partial charge in [0.15, 0.2) is 0 Å². The Balaban J connectivity index is 2.20. The molecule has 0 aliphatic heterocycles. The molecule has 0 bridgehead atoms. The summed E-state index contributed by atoms with van der Waals surface area (Å²) in [6, 6.07) is 9.75. The van der Waals surface area contributed by atoms with Crippen LogP contribution in [0.4, 0.5) is 5.69 Å². The molecule has 0 saturated heterocycles. The average molecular weight is 287 g/mol. The fourth-order valence-electron chi connectivity index (χ4n) is 2.02. The van der Waals surface area contributed by atoms with Gasteiger partial charge in [0.1, 0.15) is 5.69 Å². The molecule has 0 spiro atoms. The van der Waals surface area contributed by atoms with Gasteiger partial charge in [-0.25, -0.2) is 0 Å². The minimum absolute atomic E-state index is 0.0114. The Morgan fingerprint density at radius 3 is 2.76 bits per heavy atom. The van der Waals surface area contributed by atoms with Gasteiger partial charge >= 0.3 is 0 Å². The maximum absolute atomic E-state index is 11.9. The van der Waals surface area contributed by atoms with Gasteiger partial charge in [0.05, 0.1) is 16.2 Å². The van der Waals surface area contributed by atoms with Crippen molar-refractivity contribution in [1.82, 2.24) is 10.3 Å². The van der Waals surface area contributed by atoms with Crippen molar-refractivity contribution in [2.24, 2.45) is 0 Å². The van der Waals surface area contributed by atoms with Crippen LogP contribution in [0.25, 0.3) is 11.3 Å². The molecule has 0 fully saturated rings. The Bertz CT molecular complexity index is 649. The van der Waals surface area contributed by atoms with Crippen LogP contribution in [0.5, 0.6) is 0 Å². The molecule has 0 unspecified atom stereocenters. The molecule has 110 valence electrons. The van der Waals surface area contributed by atoms with Crippen LogP contribution >= 0.6 is 0 Å². The summed E-state index contributed by atoms with van der Waals surface area (Å²) in [4.78, 5) is 25.4. The number of unbranched alkanes of at least 4 members (excludes halogenated alkanes) is 1. The smallest absolute Gasteiger partial charge is 0.278 e. The van der Waals surface area contributed by atoms with Crippen molar-refractivity contribution in [1.29, 1.82) is 0 Å². The number of aromatic nitrogens is 1. The predicted octanol–water partition coefficient (Wildman–Crippen LogP) is 3.12. The van der Waals surface area contributed by atoms with E-state index in [1.165, 1.54) is 6.07 Å². The highest BCUT2D eigenvalue weighted by Crippen LogP contribution is 2.28. The van der Waals surface area contributed by atoms with Gasteiger partial charge in [0, 0.05) is 12.6 Å². The van der Waals surface area contributed by atoms with E-state index in [-0.39, 0.29) is 11.6 Å². The fraction of sp³-hybridized carbons (Fsp3) is 0.267. The molecule has 21 heavy (non-hydrogen) atoms. The standard InChI is InChI=1S/C15H17N3O3/c1-2-3-10-16-15(19)13-9-8-12(17-13)11-6-4-5-7-14(11)18(20)21/h4-9,17H,2-3,10H2,1H3,(H,16,19). The van der Waals surface area contributed by atoms with Gasteiger partial charge in [-0.1, -0.05) is 25.5 Å². The molecule has 2 rings (SSSR count). The summed E-state index contributed by atoms with van der Waals surface area (Å²) in [5, 5.41) is 13.8. The molecule has 2 N–H and O–H groups in total. The lowest BCUT2D eigenvalue weighted by molar-refractivity contribution is -0.384. The summed E-state index contributed by atoms with van der Waals surface area (Å²) in [7, 11) is 0. The molecule has 6 nitrogen and oxygen atoms in total. The van der Waals surface area contributed by atoms with Crippen molar-refractivity contribution < 1.29 is 9.72 Å². The lowest BCUT2D eigenvalue weighted by Gasteiger charge is -2.02. The first kappa shape index (κ1) is 14.8. The molecule has 2 aromatic rings. The number of nitro groups is 1. The van der Waals surface area contributed by atoms with Gasteiger partial charge in [-0.2, -0.15) is 0 Å². The maximum Gasteiger partial charge on any atom is 0.278 e. The monoisotopic (exact) mass is 287 g/mol. The molecule has 0 saturated carbocycles. The van der Waals surface area contributed by atoms with E-state index >= 15 is 0 Å². The van der Waals surface area contributed by atoms with E-state index in [4.69, 9.17) is 0 Å². The molecule has 1 aromatic heterocycles. The lowest BCUT2D eigenvalue weighted by atomic mass is 10.1. The largest absolute Gasteiger partial charge is 0.351 e. The highest BCUT2D eigenvalue weighted by Gasteiger charge is 2.16. The maximum atomic E-state index is 11.9. The van der Waals surface area contributed by atoms with Crippen LogP contribution in [0.15, 0.2) is 36.4 Å². The number of rotatable bonds is 6. The minimum Gasteiger partial charge on any atom is -0.351 e. The Hall–Kier alpha value is -2.63. The van der Waals surface area contributed by atoms with E-state index in [1.54, 1.807) is 30.3 Å². The number of para-hydroxylation sites is 1. The number of carbonyl (C=O) groups excluding carboxylic acids is 1. The van der Waals surface area contributed by atoms with Gasteiger partial charge in [-0.15, -0.1) is 0 Å². The van der Waals surface area contributed by atoms with E-state index < -0.39 is 4.92 Å². The minimum atomic E-state index is -0.433. The highest BCUT2D eigenvalue weighted by molar-refractivity contribution is 5.93. The quantitative estimate of drug-likeness (QED) is 0.486. The number of amides is 1. The molecule has 0 aliphatic carbocycles. The molecule has 6 heteroatoms. The van der Waals surface area contributed by atoms with Gasteiger partial charge in [0.2, 0.25) is 0 Å². The zero-order valence-electron chi connectivity index (χ0n) is 11.8. The Kier molecular flexibility index (Phi) is 4.71. The van der Waals surface area contributed by atoms with Crippen molar-refractivity contribution in [3.05, 3.63) is 52.2 Å². The van der Waals surface area contributed by atoms with E-state index in [0.29, 0.717) is 23.5 Å². The number of nitro benzene ring substituents is 1. The molecule has 0 radical (unpaired) electrons. The second-order valence-electron chi connectivity index (χ2n) is 4.67. The third-order valence-electron chi connectivity index (χ3n) is 3.14. The lowest BCUT2D eigenvalue weighted by Crippen LogP contribution is -2.24. The van der Waals surface area contributed by atoms with E-state index in [1.807, 2.05) is 6.92 Å². The third-order valence-corrected chi connectivity index (χ3v) is 3.14. The summed E-state index contributed by atoms with van der Waals surface area (Å²) >= 11 is 0. The first-order chi connectivity index (χ1) is 10.1. The predicted molar refractivity (Wildman–Crippen MR) is 80.1 cm³/mol. The number of nitrogens with zero attached hydrogens (tertiary/aromatic N) is 1. The van der Waals surface area contributed by atoms with Crippen molar-refractivity contribution >= 4 is 11.6 Å². The zero-order chi connectivity index (χ0) is 15.2. The fourth-order valence-corrected chi connectivity index (χ4v) is 2.02. The SMILES string of the molecule is CCCCNC(=O)c1ccc(-c2ccccc2[N+](=O)[O-])[nH]1. The summed E-state index contributed by atoms with van der Waals surface area (Å²) < 4.78 is 0. The van der Waals surface area contributed by atoms with Crippen LogP contribution in [0, 0.1) is 10.1 Å². The van der Waals surface area contributed by atoms with E-state index in [0.717, 1.165) is 12.8 Å². The summed E-state index contributed by atoms with van der Waals surface area (Å²) in [6.45, 7) is 2.67. The number of H-pyrrole nitrogens is 1. The number of hydrogen-bond acceptors (Lipinski definition) is 3. The highest BCUT2D eigenvalue weighted by atomic mass is 16.6. The van der Waals surface area contributed by atoms with Crippen LogP contribution in [-0.2, 0) is 0 Å². The number of benzene rings is 1. The van der Waals surface area contributed by atoms with E-state index in [9.17, 15) is 14.9 Å². The van der Waals surface area contributed by atoms with Crippen LogP contribution in [-0.4, -0.2) is 22.4 Å².